The van der Waals surface area contributed by atoms with Gasteiger partial charge in [-0.15, -0.1) is 0 Å². The van der Waals surface area contributed by atoms with Crippen molar-refractivity contribution < 1.29 is 18.0 Å². The Labute approximate surface area is 150 Å². The Morgan fingerprint density at radius 3 is 2.52 bits per heavy atom. The van der Waals surface area contributed by atoms with E-state index in [1.54, 1.807) is 25.1 Å². The summed E-state index contributed by atoms with van der Waals surface area (Å²) >= 11 is 5.85. The van der Waals surface area contributed by atoms with E-state index in [0.29, 0.717) is 16.3 Å². The molecule has 7 nitrogen and oxygen atoms in total. The van der Waals surface area contributed by atoms with Gasteiger partial charge in [-0.1, -0.05) is 23.7 Å². The molecule has 0 aliphatic rings. The van der Waals surface area contributed by atoms with Gasteiger partial charge in [-0.2, -0.15) is 0 Å². The Morgan fingerprint density at radius 2 is 1.88 bits per heavy atom. The number of sulfonamides is 1. The second-order valence-electron chi connectivity index (χ2n) is 5.25. The highest BCUT2D eigenvalue weighted by Crippen LogP contribution is 2.22. The van der Waals surface area contributed by atoms with Crippen LogP contribution in [0.1, 0.15) is 15.9 Å². The zero-order valence-corrected chi connectivity index (χ0v) is 14.8. The van der Waals surface area contributed by atoms with Gasteiger partial charge in [0.2, 0.25) is 5.91 Å². The van der Waals surface area contributed by atoms with Crippen LogP contribution in [0.25, 0.3) is 0 Å². The van der Waals surface area contributed by atoms with Crippen LogP contribution in [0.5, 0.6) is 0 Å². The van der Waals surface area contributed by atoms with Gasteiger partial charge < -0.3 is 11.1 Å². The highest BCUT2D eigenvalue weighted by Gasteiger charge is 2.19. The van der Waals surface area contributed by atoms with Crippen molar-refractivity contribution >= 4 is 39.1 Å². The molecular formula is C16H16ClN3O4S. The minimum absolute atomic E-state index is 0.0563. The van der Waals surface area contributed by atoms with Crippen molar-refractivity contribution in [3.63, 3.8) is 0 Å². The number of carbonyl (C=O) groups is 2. The number of nitrogens with two attached hydrogens (primary N) is 1. The SMILES string of the molecule is Cc1ccc(C(=O)NCC(N)=O)cc1S(=O)(=O)Nc1cccc(Cl)c1. The number of hydrogen-bond donors (Lipinski definition) is 3. The van der Waals surface area contributed by atoms with Crippen molar-refractivity contribution in [2.45, 2.75) is 11.8 Å². The maximum Gasteiger partial charge on any atom is 0.262 e. The minimum Gasteiger partial charge on any atom is -0.368 e. The summed E-state index contributed by atoms with van der Waals surface area (Å²) in [6, 6.07) is 10.5. The molecule has 0 radical (unpaired) electrons. The van der Waals surface area contributed by atoms with Gasteiger partial charge >= 0.3 is 0 Å². The fraction of sp³-hybridized carbons (Fsp3) is 0.125. The Hall–Kier alpha value is -2.58. The average Bonchev–Trinajstić information content (AvgIpc) is 2.52. The Morgan fingerprint density at radius 1 is 1.16 bits per heavy atom. The molecule has 25 heavy (non-hydrogen) atoms. The summed E-state index contributed by atoms with van der Waals surface area (Å²) in [6.45, 7) is 1.27. The number of anilines is 1. The van der Waals surface area contributed by atoms with Crippen molar-refractivity contribution in [1.82, 2.24) is 5.32 Å². The lowest BCUT2D eigenvalue weighted by Crippen LogP contribution is -2.33. The number of carbonyl (C=O) groups excluding carboxylic acids is 2. The molecule has 0 aliphatic carbocycles. The van der Waals surface area contributed by atoms with Gasteiger partial charge in [0.05, 0.1) is 17.1 Å². The summed E-state index contributed by atoms with van der Waals surface area (Å²) in [6.07, 6.45) is 0. The first kappa shape index (κ1) is 18.8. The molecule has 0 aliphatic heterocycles. The monoisotopic (exact) mass is 381 g/mol. The lowest BCUT2D eigenvalue weighted by atomic mass is 10.1. The van der Waals surface area contributed by atoms with Gasteiger partial charge in [0.25, 0.3) is 15.9 Å². The van der Waals surface area contributed by atoms with Gasteiger partial charge in [-0.05, 0) is 42.8 Å². The zero-order chi connectivity index (χ0) is 18.6. The minimum atomic E-state index is -3.93. The molecule has 0 spiro atoms. The van der Waals surface area contributed by atoms with Crippen LogP contribution >= 0.6 is 11.6 Å². The smallest absolute Gasteiger partial charge is 0.262 e. The highest BCUT2D eigenvalue weighted by atomic mass is 35.5. The molecule has 0 saturated heterocycles. The predicted octanol–water partition coefficient (Wildman–Crippen LogP) is 1.66. The van der Waals surface area contributed by atoms with Gasteiger partial charge in [-0.25, -0.2) is 8.42 Å². The predicted molar refractivity (Wildman–Crippen MR) is 95.0 cm³/mol. The number of hydrogen-bond acceptors (Lipinski definition) is 4. The number of benzene rings is 2. The molecule has 2 aromatic carbocycles. The van der Waals surface area contributed by atoms with E-state index in [9.17, 15) is 18.0 Å². The second-order valence-corrected chi connectivity index (χ2v) is 7.33. The molecule has 0 heterocycles. The summed E-state index contributed by atoms with van der Waals surface area (Å²) in [5, 5.41) is 2.69. The third-order valence-electron chi connectivity index (χ3n) is 3.24. The first-order valence-corrected chi connectivity index (χ1v) is 9.01. The van der Waals surface area contributed by atoms with E-state index in [-0.39, 0.29) is 17.0 Å². The lowest BCUT2D eigenvalue weighted by molar-refractivity contribution is -0.117. The van der Waals surface area contributed by atoms with E-state index in [4.69, 9.17) is 17.3 Å². The van der Waals surface area contributed by atoms with E-state index in [1.165, 1.54) is 24.3 Å². The van der Waals surface area contributed by atoms with Gasteiger partial charge in [0, 0.05) is 10.6 Å². The summed E-state index contributed by atoms with van der Waals surface area (Å²) in [5.41, 5.74) is 5.83. The third kappa shape index (κ3) is 4.94. The van der Waals surface area contributed by atoms with Crippen LogP contribution < -0.4 is 15.8 Å². The number of rotatable bonds is 6. The molecule has 0 unspecified atom stereocenters. The molecule has 0 bridgehead atoms. The van der Waals surface area contributed by atoms with E-state index >= 15 is 0 Å². The summed E-state index contributed by atoms with van der Waals surface area (Å²) < 4.78 is 27.6. The molecule has 2 rings (SSSR count). The number of aryl methyl sites for hydroxylation is 1. The first-order chi connectivity index (χ1) is 11.7. The highest BCUT2D eigenvalue weighted by molar-refractivity contribution is 7.92. The molecule has 132 valence electrons. The van der Waals surface area contributed by atoms with E-state index in [1.807, 2.05) is 0 Å². The Balaban J connectivity index is 2.32. The van der Waals surface area contributed by atoms with E-state index < -0.39 is 21.8 Å². The maximum absolute atomic E-state index is 12.6. The topological polar surface area (TPSA) is 118 Å². The molecule has 2 aromatic rings. The van der Waals surface area contributed by atoms with Gasteiger partial charge in [0.1, 0.15) is 0 Å². The third-order valence-corrected chi connectivity index (χ3v) is 5.00. The van der Waals surface area contributed by atoms with Crippen LogP contribution in [0, 0.1) is 6.92 Å². The van der Waals surface area contributed by atoms with Gasteiger partial charge in [-0.3, -0.25) is 14.3 Å². The first-order valence-electron chi connectivity index (χ1n) is 7.14. The van der Waals surface area contributed by atoms with Crippen molar-refractivity contribution in [3.05, 3.63) is 58.6 Å². The van der Waals surface area contributed by atoms with Crippen LogP contribution in [-0.4, -0.2) is 26.8 Å². The van der Waals surface area contributed by atoms with Crippen LogP contribution in [-0.2, 0) is 14.8 Å². The molecular weight excluding hydrogens is 366 g/mol. The van der Waals surface area contributed by atoms with Crippen LogP contribution in [0.3, 0.4) is 0 Å². The summed E-state index contributed by atoms with van der Waals surface area (Å²) in [7, 11) is -3.93. The number of halogens is 1. The quantitative estimate of drug-likeness (QED) is 0.705. The van der Waals surface area contributed by atoms with Crippen LogP contribution in [0.4, 0.5) is 5.69 Å². The van der Waals surface area contributed by atoms with Crippen molar-refractivity contribution in [1.29, 1.82) is 0 Å². The van der Waals surface area contributed by atoms with Crippen LogP contribution in [0.2, 0.25) is 5.02 Å². The summed E-state index contributed by atoms with van der Waals surface area (Å²) in [4.78, 5) is 22.7. The fourth-order valence-corrected chi connectivity index (χ4v) is 3.57. The van der Waals surface area contributed by atoms with Crippen molar-refractivity contribution in [2.75, 3.05) is 11.3 Å². The Kier molecular flexibility index (Phi) is 5.66. The average molecular weight is 382 g/mol. The maximum atomic E-state index is 12.6. The van der Waals surface area contributed by atoms with Crippen molar-refractivity contribution in [2.24, 2.45) is 5.73 Å². The van der Waals surface area contributed by atoms with E-state index in [2.05, 4.69) is 10.0 Å². The molecule has 9 heteroatoms. The molecule has 4 N–H and O–H groups in total. The number of nitrogens with one attached hydrogen (secondary N) is 2. The Bertz CT molecular complexity index is 929. The second kappa shape index (κ2) is 7.54. The van der Waals surface area contributed by atoms with Crippen LogP contribution in [0.15, 0.2) is 47.4 Å². The molecule has 2 amide bonds. The number of primary amides is 1. The molecule has 0 fully saturated rings. The fourth-order valence-electron chi connectivity index (χ4n) is 2.06. The largest absolute Gasteiger partial charge is 0.368 e. The standard InChI is InChI=1S/C16H16ClN3O4S/c1-10-5-6-11(16(22)19-9-15(18)21)7-14(10)25(23,24)20-13-4-2-3-12(17)8-13/h2-8,20H,9H2,1H3,(H2,18,21)(H,19,22). The van der Waals surface area contributed by atoms with Crippen molar-refractivity contribution in [3.8, 4) is 0 Å². The number of amides is 2. The normalized spacial score (nSPS) is 11.0. The molecule has 0 atom stereocenters. The van der Waals surface area contributed by atoms with Gasteiger partial charge in [0.15, 0.2) is 0 Å². The van der Waals surface area contributed by atoms with E-state index in [0.717, 1.165) is 0 Å². The molecule has 0 aromatic heterocycles. The molecule has 0 saturated carbocycles. The lowest BCUT2D eigenvalue weighted by Gasteiger charge is -2.12. The summed E-state index contributed by atoms with van der Waals surface area (Å²) in [5.74, 6) is -1.30. The zero-order valence-electron chi connectivity index (χ0n) is 13.2.